The van der Waals surface area contributed by atoms with Gasteiger partial charge in [0.1, 0.15) is 31.7 Å². The molecule has 8 nitrogen and oxygen atoms in total. The van der Waals surface area contributed by atoms with Crippen LogP contribution in [0.5, 0.6) is 11.5 Å². The van der Waals surface area contributed by atoms with Crippen molar-refractivity contribution in [3.63, 3.8) is 0 Å². The molecular formula is C15H14Na2O8S2. The summed E-state index contributed by atoms with van der Waals surface area (Å²) in [7, 11) is -9.81. The van der Waals surface area contributed by atoms with Crippen LogP contribution in [0, 0.1) is 13.8 Å². The summed E-state index contributed by atoms with van der Waals surface area (Å²) in [6.07, 6.45) is -0.0206. The van der Waals surface area contributed by atoms with Crippen LogP contribution in [-0.2, 0) is 26.7 Å². The zero-order valence-corrected chi connectivity index (χ0v) is 20.8. The van der Waals surface area contributed by atoms with E-state index in [1.807, 2.05) is 0 Å². The molecule has 12 heteroatoms. The number of hydrogen-bond donors (Lipinski definition) is 2. The Hall–Kier alpha value is -0.140. The summed E-state index contributed by atoms with van der Waals surface area (Å²) in [5, 5.41) is 19.4. The molecule has 0 aromatic heterocycles. The summed E-state index contributed by atoms with van der Waals surface area (Å²) in [6.45, 7) is 2.81. The van der Waals surface area contributed by atoms with E-state index in [0.29, 0.717) is 11.1 Å². The minimum Gasteiger partial charge on any atom is -0.744 e. The standard InChI is InChI=1S/C15H16O8S2.2Na/c1-8-3-10(6-12(14(8)16)24(18,19)20)5-11-4-9(2)15(17)13(7-11)25(21,22)23;;/h3-4,6-7,16-17H,5H2,1-2H3,(H,18,19,20)(H,21,22,23);;/q;2*+1/p-2. The predicted octanol–water partition coefficient (Wildman–Crippen LogP) is -4.88. The molecule has 2 aromatic rings. The molecule has 0 radical (unpaired) electrons. The van der Waals surface area contributed by atoms with Gasteiger partial charge in [-0.2, -0.15) is 0 Å². The van der Waals surface area contributed by atoms with E-state index in [0.717, 1.165) is 12.1 Å². The number of aryl methyl sites for hydroxylation is 2. The van der Waals surface area contributed by atoms with Crippen molar-refractivity contribution in [1.82, 2.24) is 0 Å². The topological polar surface area (TPSA) is 155 Å². The number of hydrogen-bond acceptors (Lipinski definition) is 8. The molecule has 2 aromatic carbocycles. The molecule has 0 spiro atoms. The fraction of sp³-hybridized carbons (Fsp3) is 0.200. The molecule has 0 saturated heterocycles. The van der Waals surface area contributed by atoms with E-state index in [-0.39, 0.29) is 76.7 Å². The van der Waals surface area contributed by atoms with Crippen LogP contribution in [0.4, 0.5) is 0 Å². The molecule has 0 amide bonds. The van der Waals surface area contributed by atoms with Crippen LogP contribution in [0.25, 0.3) is 0 Å². The maximum Gasteiger partial charge on any atom is 1.00 e. The summed E-state index contributed by atoms with van der Waals surface area (Å²) in [5.41, 5.74) is 0.923. The van der Waals surface area contributed by atoms with Gasteiger partial charge in [0.05, 0.1) is 9.79 Å². The molecule has 0 aliphatic heterocycles. The zero-order chi connectivity index (χ0) is 19.2. The van der Waals surface area contributed by atoms with Crippen LogP contribution >= 0.6 is 0 Å². The predicted molar refractivity (Wildman–Crippen MR) is 84.4 cm³/mol. The SMILES string of the molecule is Cc1cc(Cc2cc(C)c(O)c(S(=O)(=O)[O-])c2)cc(S(=O)(=O)[O-])c1O.[Na+].[Na+]. The molecule has 136 valence electrons. The average Bonchev–Trinajstić information content (AvgIpc) is 2.43. The molecule has 0 heterocycles. The van der Waals surface area contributed by atoms with Gasteiger partial charge in [0.15, 0.2) is 0 Å². The Morgan fingerprint density at radius 2 is 1.04 bits per heavy atom. The first-order valence-electron chi connectivity index (χ1n) is 6.87. The molecule has 0 atom stereocenters. The van der Waals surface area contributed by atoms with Gasteiger partial charge in [0.2, 0.25) is 0 Å². The van der Waals surface area contributed by atoms with Crippen molar-refractivity contribution in [3.05, 3.63) is 46.5 Å². The number of phenols is 2. The van der Waals surface area contributed by atoms with Gasteiger partial charge in [-0.15, -0.1) is 0 Å². The van der Waals surface area contributed by atoms with Crippen molar-refractivity contribution in [2.24, 2.45) is 0 Å². The fourth-order valence-electron chi connectivity index (χ4n) is 2.46. The van der Waals surface area contributed by atoms with Gasteiger partial charge in [0, 0.05) is 0 Å². The van der Waals surface area contributed by atoms with E-state index < -0.39 is 41.5 Å². The first-order valence-corrected chi connectivity index (χ1v) is 9.69. The van der Waals surface area contributed by atoms with Crippen LogP contribution in [0.3, 0.4) is 0 Å². The number of benzene rings is 2. The third-order valence-electron chi connectivity index (χ3n) is 3.60. The normalized spacial score (nSPS) is 11.4. The van der Waals surface area contributed by atoms with Gasteiger partial charge in [-0.05, 0) is 54.7 Å². The van der Waals surface area contributed by atoms with Crippen molar-refractivity contribution in [2.75, 3.05) is 0 Å². The van der Waals surface area contributed by atoms with Crippen molar-refractivity contribution >= 4 is 20.2 Å². The molecule has 0 bridgehead atoms. The van der Waals surface area contributed by atoms with Crippen molar-refractivity contribution in [2.45, 2.75) is 30.1 Å². The Labute approximate surface area is 201 Å². The van der Waals surface area contributed by atoms with Crippen molar-refractivity contribution < 1.29 is 95.3 Å². The minimum absolute atomic E-state index is 0. The van der Waals surface area contributed by atoms with E-state index in [4.69, 9.17) is 0 Å². The molecule has 0 aliphatic rings. The maximum absolute atomic E-state index is 11.2. The van der Waals surface area contributed by atoms with Gasteiger partial charge in [-0.25, -0.2) is 16.8 Å². The summed E-state index contributed by atoms with van der Waals surface area (Å²) in [5.74, 6) is -1.30. The van der Waals surface area contributed by atoms with Crippen molar-refractivity contribution in [3.8, 4) is 11.5 Å². The van der Waals surface area contributed by atoms with E-state index >= 15 is 0 Å². The Morgan fingerprint density at radius 3 is 1.30 bits per heavy atom. The molecule has 0 unspecified atom stereocenters. The van der Waals surface area contributed by atoms with Crippen molar-refractivity contribution in [1.29, 1.82) is 0 Å². The molecule has 2 N–H and O–H groups in total. The Morgan fingerprint density at radius 1 is 0.741 bits per heavy atom. The summed E-state index contributed by atoms with van der Waals surface area (Å²) < 4.78 is 67.4. The van der Waals surface area contributed by atoms with Gasteiger partial charge in [-0.1, -0.05) is 12.1 Å². The van der Waals surface area contributed by atoms with Crippen LogP contribution in [0.2, 0.25) is 0 Å². The fourth-order valence-corrected chi connectivity index (χ4v) is 3.85. The third-order valence-corrected chi connectivity index (χ3v) is 5.30. The number of phenolic OH excluding ortho intramolecular Hbond substituents is 2. The smallest absolute Gasteiger partial charge is 0.744 e. The van der Waals surface area contributed by atoms with Gasteiger partial charge >= 0.3 is 59.1 Å². The molecule has 0 aliphatic carbocycles. The van der Waals surface area contributed by atoms with Crippen LogP contribution < -0.4 is 59.1 Å². The van der Waals surface area contributed by atoms with Gasteiger partial charge in [-0.3, -0.25) is 0 Å². The van der Waals surface area contributed by atoms with Gasteiger partial charge < -0.3 is 19.3 Å². The molecule has 0 fully saturated rings. The molecule has 0 saturated carbocycles. The first-order chi connectivity index (χ1) is 11.3. The zero-order valence-electron chi connectivity index (χ0n) is 15.2. The van der Waals surface area contributed by atoms with E-state index in [2.05, 4.69) is 0 Å². The van der Waals surface area contributed by atoms with E-state index in [9.17, 15) is 36.2 Å². The largest absolute Gasteiger partial charge is 1.00 e. The van der Waals surface area contributed by atoms with Gasteiger partial charge in [0.25, 0.3) is 0 Å². The Kier molecular flexibility index (Phi) is 9.52. The molecule has 27 heavy (non-hydrogen) atoms. The summed E-state index contributed by atoms with van der Waals surface area (Å²) in [4.78, 5) is -1.57. The van der Waals surface area contributed by atoms with Crippen LogP contribution in [0.15, 0.2) is 34.1 Å². The third kappa shape index (κ3) is 6.43. The van der Waals surface area contributed by atoms with E-state index in [1.165, 1.54) is 26.0 Å². The summed E-state index contributed by atoms with van der Waals surface area (Å²) >= 11 is 0. The quantitative estimate of drug-likeness (QED) is 0.360. The molecule has 2 rings (SSSR count). The average molecular weight is 432 g/mol. The summed E-state index contributed by atoms with van der Waals surface area (Å²) in [6, 6.07) is 4.82. The number of rotatable bonds is 4. The Balaban J connectivity index is 0.00000338. The first kappa shape index (κ1) is 26.9. The second-order valence-corrected chi connectivity index (χ2v) is 8.30. The van der Waals surface area contributed by atoms with E-state index in [1.54, 1.807) is 0 Å². The minimum atomic E-state index is -4.90. The van der Waals surface area contributed by atoms with Crippen LogP contribution in [0.1, 0.15) is 22.3 Å². The molecular weight excluding hydrogens is 418 g/mol. The maximum atomic E-state index is 11.2. The number of aromatic hydroxyl groups is 2. The second-order valence-electron chi connectivity index (χ2n) is 5.60. The second kappa shape index (κ2) is 9.57. The monoisotopic (exact) mass is 432 g/mol. The Bertz CT molecular complexity index is 978. The van der Waals surface area contributed by atoms with Crippen LogP contribution in [-0.4, -0.2) is 36.2 Å².